The molecule has 0 aliphatic carbocycles. The summed E-state index contributed by atoms with van der Waals surface area (Å²) < 4.78 is 33.4. The Morgan fingerprint density at radius 2 is 1.77 bits per heavy atom. The Kier molecular flexibility index (Phi) is 8.97. The van der Waals surface area contributed by atoms with Gasteiger partial charge in [0.25, 0.3) is 0 Å². The van der Waals surface area contributed by atoms with Gasteiger partial charge in [-0.25, -0.2) is 4.72 Å². The van der Waals surface area contributed by atoms with E-state index in [2.05, 4.69) is 9.50 Å². The Morgan fingerprint density at radius 1 is 1.15 bits per heavy atom. The number of carbonyl (C=O) groups excluding carboxylic acids is 2. The van der Waals surface area contributed by atoms with Crippen LogP contribution in [0.5, 0.6) is 5.75 Å². The van der Waals surface area contributed by atoms with Crippen molar-refractivity contribution in [1.29, 1.82) is 0 Å². The second kappa shape index (κ2) is 10.2. The second-order valence-electron chi connectivity index (χ2n) is 5.12. The molecule has 0 radical (unpaired) electrons. The lowest BCUT2D eigenvalue weighted by Gasteiger charge is -2.14. The van der Waals surface area contributed by atoms with Crippen LogP contribution < -0.4 is 14.8 Å². The summed E-state index contributed by atoms with van der Waals surface area (Å²) >= 11 is 13.0. The molecule has 0 fully saturated rings. The molecule has 0 aliphatic heterocycles. The first-order valence-electron chi connectivity index (χ1n) is 7.18. The minimum Gasteiger partial charge on any atom is -0.489 e. The molecule has 2 amide bonds. The number of thioether (sulfide) groups is 1. The van der Waals surface area contributed by atoms with Gasteiger partial charge >= 0.3 is 10.3 Å². The lowest BCUT2D eigenvalue weighted by atomic mass is 10.3. The van der Waals surface area contributed by atoms with Crippen molar-refractivity contribution in [2.24, 2.45) is 0 Å². The topological polar surface area (TPSA) is 111 Å². The van der Waals surface area contributed by atoms with Gasteiger partial charge in [-0.1, -0.05) is 23.2 Å². The van der Waals surface area contributed by atoms with E-state index in [1.165, 1.54) is 12.1 Å². The van der Waals surface area contributed by atoms with Crippen LogP contribution in [0.25, 0.3) is 0 Å². The maximum atomic E-state index is 12.0. The molecule has 0 spiro atoms. The first-order chi connectivity index (χ1) is 12.0. The van der Waals surface area contributed by atoms with Crippen molar-refractivity contribution in [2.45, 2.75) is 20.0 Å². The molecule has 146 valence electrons. The fourth-order valence-corrected chi connectivity index (χ4v) is 3.22. The molecule has 0 atom stereocenters. The van der Waals surface area contributed by atoms with Crippen LogP contribution in [-0.2, 0) is 24.1 Å². The normalized spacial score (nSPS) is 11.3. The summed E-state index contributed by atoms with van der Waals surface area (Å²) in [5.74, 6) is -1.21. The van der Waals surface area contributed by atoms with E-state index in [1.54, 1.807) is 4.72 Å². The highest BCUT2D eigenvalue weighted by atomic mass is 35.5. The third-order valence-electron chi connectivity index (χ3n) is 2.58. The highest BCUT2D eigenvalue weighted by molar-refractivity contribution is 8.00. The van der Waals surface area contributed by atoms with E-state index in [0.717, 1.165) is 18.9 Å². The number of halogens is 2. The van der Waals surface area contributed by atoms with Gasteiger partial charge in [-0.05, 0) is 19.9 Å². The largest absolute Gasteiger partial charge is 0.489 e. The average molecular weight is 445 g/mol. The third kappa shape index (κ3) is 8.00. The van der Waals surface area contributed by atoms with Crippen LogP contribution >= 0.6 is 35.0 Å². The SMILES string of the molecule is COS(=O)(=O)NC(=O)CSCC(=O)Nc1cc(OC(C)C)c(Cl)cc1Cl. The molecule has 0 saturated heterocycles. The summed E-state index contributed by atoms with van der Waals surface area (Å²) in [5.41, 5.74) is 0.309. The number of rotatable bonds is 9. The number of hydrogen-bond acceptors (Lipinski definition) is 7. The van der Waals surface area contributed by atoms with E-state index >= 15 is 0 Å². The monoisotopic (exact) mass is 444 g/mol. The van der Waals surface area contributed by atoms with Crippen molar-refractivity contribution in [3.05, 3.63) is 22.2 Å². The lowest BCUT2D eigenvalue weighted by molar-refractivity contribution is -0.117. The van der Waals surface area contributed by atoms with Crippen molar-refractivity contribution in [1.82, 2.24) is 4.72 Å². The predicted octanol–water partition coefficient (Wildman–Crippen LogP) is 2.46. The second-order valence-corrected chi connectivity index (χ2v) is 8.36. The molecule has 0 heterocycles. The summed E-state index contributed by atoms with van der Waals surface area (Å²) in [7, 11) is -3.18. The van der Waals surface area contributed by atoms with Gasteiger partial charge in [0.1, 0.15) is 5.75 Å². The van der Waals surface area contributed by atoms with Gasteiger partial charge < -0.3 is 10.1 Å². The van der Waals surface area contributed by atoms with Crippen LogP contribution in [0.2, 0.25) is 10.0 Å². The Hall–Kier alpha value is -1.20. The number of anilines is 1. The maximum absolute atomic E-state index is 12.0. The van der Waals surface area contributed by atoms with Crippen LogP contribution in [0, 0.1) is 0 Å². The lowest BCUT2D eigenvalue weighted by Crippen LogP contribution is -2.32. The molecule has 0 aromatic heterocycles. The number of carbonyl (C=O) groups is 2. The summed E-state index contributed by atoms with van der Waals surface area (Å²) in [5, 5.41) is 3.12. The number of nitrogens with one attached hydrogen (secondary N) is 2. The van der Waals surface area contributed by atoms with E-state index < -0.39 is 22.1 Å². The molecular weight excluding hydrogens is 427 g/mol. The molecule has 1 aromatic carbocycles. The first kappa shape index (κ1) is 22.8. The summed E-state index contributed by atoms with van der Waals surface area (Å²) in [4.78, 5) is 23.4. The molecule has 1 rings (SSSR count). The molecule has 8 nitrogen and oxygen atoms in total. The van der Waals surface area contributed by atoms with Crippen molar-refractivity contribution in [3.8, 4) is 5.75 Å². The van der Waals surface area contributed by atoms with Crippen molar-refractivity contribution >= 4 is 62.8 Å². The zero-order valence-corrected chi connectivity index (χ0v) is 17.3. The van der Waals surface area contributed by atoms with Crippen LogP contribution in [-0.4, -0.2) is 45.0 Å². The van der Waals surface area contributed by atoms with Gasteiger partial charge in [0.15, 0.2) is 0 Å². The Labute approximate surface area is 166 Å². The van der Waals surface area contributed by atoms with Crippen LogP contribution in [0.15, 0.2) is 12.1 Å². The van der Waals surface area contributed by atoms with Gasteiger partial charge in [0.05, 0.1) is 40.5 Å². The molecule has 26 heavy (non-hydrogen) atoms. The molecular formula is C14H18Cl2N2O6S2. The van der Waals surface area contributed by atoms with Gasteiger partial charge in [-0.15, -0.1) is 11.8 Å². The third-order valence-corrected chi connectivity index (χ3v) is 5.04. The number of hydrogen-bond donors (Lipinski definition) is 2. The van der Waals surface area contributed by atoms with E-state index in [0.29, 0.717) is 16.5 Å². The van der Waals surface area contributed by atoms with Crippen molar-refractivity contribution < 1.29 is 26.9 Å². The Morgan fingerprint density at radius 3 is 2.35 bits per heavy atom. The standard InChI is InChI=1S/C14H18Cl2N2O6S2/c1-8(2)24-12-5-11(9(15)4-10(12)16)17-13(19)6-25-7-14(20)18-26(21,22)23-3/h4-5,8H,6-7H2,1-3H3,(H,17,19)(H,18,20). The summed E-state index contributed by atoms with van der Waals surface area (Å²) in [6.45, 7) is 3.66. The zero-order valence-electron chi connectivity index (χ0n) is 14.2. The van der Waals surface area contributed by atoms with Crippen molar-refractivity contribution in [3.63, 3.8) is 0 Å². The van der Waals surface area contributed by atoms with Gasteiger partial charge in [-0.3, -0.25) is 13.8 Å². The van der Waals surface area contributed by atoms with Gasteiger partial charge in [-0.2, -0.15) is 8.42 Å². The van der Waals surface area contributed by atoms with Crippen LogP contribution in [0.3, 0.4) is 0 Å². The maximum Gasteiger partial charge on any atom is 0.361 e. The van der Waals surface area contributed by atoms with E-state index in [1.807, 2.05) is 13.8 Å². The van der Waals surface area contributed by atoms with Crippen LogP contribution in [0.4, 0.5) is 5.69 Å². The summed E-state index contributed by atoms with van der Waals surface area (Å²) in [6, 6.07) is 2.96. The highest BCUT2D eigenvalue weighted by Gasteiger charge is 2.15. The molecule has 0 unspecified atom stereocenters. The van der Waals surface area contributed by atoms with E-state index in [-0.39, 0.29) is 22.6 Å². The number of benzene rings is 1. The minimum atomic E-state index is -4.10. The molecule has 12 heteroatoms. The van der Waals surface area contributed by atoms with E-state index in [4.69, 9.17) is 27.9 Å². The average Bonchev–Trinajstić information content (AvgIpc) is 2.51. The molecule has 2 N–H and O–H groups in total. The van der Waals surface area contributed by atoms with E-state index in [9.17, 15) is 18.0 Å². The molecule has 0 aliphatic rings. The zero-order chi connectivity index (χ0) is 19.9. The highest BCUT2D eigenvalue weighted by Crippen LogP contribution is 2.34. The smallest absolute Gasteiger partial charge is 0.361 e. The van der Waals surface area contributed by atoms with Gasteiger partial charge in [0.2, 0.25) is 11.8 Å². The molecule has 0 saturated carbocycles. The Bertz CT molecular complexity index is 771. The molecule has 0 bridgehead atoms. The molecule has 1 aromatic rings. The summed E-state index contributed by atoms with van der Waals surface area (Å²) in [6.07, 6.45) is -0.116. The first-order valence-corrected chi connectivity index (χ1v) is 10.5. The minimum absolute atomic E-state index is 0.0974. The Balaban J connectivity index is 2.59. The quantitative estimate of drug-likeness (QED) is 0.601. The van der Waals surface area contributed by atoms with Crippen molar-refractivity contribution in [2.75, 3.05) is 23.9 Å². The van der Waals surface area contributed by atoms with Gasteiger partial charge in [0, 0.05) is 6.07 Å². The predicted molar refractivity (Wildman–Crippen MR) is 102 cm³/mol. The fraction of sp³-hybridized carbons (Fsp3) is 0.429. The number of amides is 2. The fourth-order valence-electron chi connectivity index (χ4n) is 1.60. The van der Waals surface area contributed by atoms with Crippen LogP contribution in [0.1, 0.15) is 13.8 Å². The number of ether oxygens (including phenoxy) is 1.